The molecule has 0 aromatic heterocycles. The zero-order chi connectivity index (χ0) is 25.6. The highest BCUT2D eigenvalue weighted by Crippen LogP contribution is 2.37. The van der Waals surface area contributed by atoms with Gasteiger partial charge in [-0.05, 0) is 62.3 Å². The molecule has 0 N–H and O–H groups in total. The molecule has 4 aromatic carbocycles. The molecule has 182 valence electrons. The average Bonchev–Trinajstić information content (AvgIpc) is 2.89. The molecule has 0 spiro atoms. The number of allylic oxidation sites excluding steroid dienone is 2. The van der Waals surface area contributed by atoms with E-state index in [1.165, 1.54) is 21.1 Å². The summed E-state index contributed by atoms with van der Waals surface area (Å²) >= 11 is 0. The van der Waals surface area contributed by atoms with Gasteiger partial charge in [-0.3, -0.25) is 0 Å². The van der Waals surface area contributed by atoms with Crippen LogP contribution in [-0.2, 0) is 4.43 Å². The quantitative estimate of drug-likeness (QED) is 0.173. The van der Waals surface area contributed by atoms with Crippen LogP contribution < -0.4 is 10.4 Å². The van der Waals surface area contributed by atoms with Gasteiger partial charge in [0.25, 0.3) is 8.32 Å². The van der Waals surface area contributed by atoms with Crippen LogP contribution in [0.3, 0.4) is 0 Å². The Morgan fingerprint density at radius 2 is 1.36 bits per heavy atom. The summed E-state index contributed by atoms with van der Waals surface area (Å²) in [6, 6.07) is 36.1. The van der Waals surface area contributed by atoms with Crippen molar-refractivity contribution < 1.29 is 4.43 Å². The lowest BCUT2D eigenvalue weighted by atomic mass is 10.00. The van der Waals surface area contributed by atoms with Crippen LogP contribution in [0.2, 0.25) is 5.04 Å². The Hall–Kier alpha value is -3.20. The van der Waals surface area contributed by atoms with E-state index in [4.69, 9.17) is 11.0 Å². The maximum absolute atomic E-state index is 8.58. The van der Waals surface area contributed by atoms with E-state index in [0.29, 0.717) is 18.6 Å². The van der Waals surface area contributed by atoms with Crippen molar-refractivity contribution in [2.45, 2.75) is 39.2 Å². The normalized spacial score (nSPS) is 13.2. The van der Waals surface area contributed by atoms with Crippen molar-refractivity contribution in [3.63, 3.8) is 0 Å². The Bertz CT molecular complexity index is 1280. The van der Waals surface area contributed by atoms with E-state index in [0.717, 1.165) is 5.56 Å². The number of benzene rings is 4. The molecule has 1 nitrogen and oxygen atoms in total. The molecule has 1 unspecified atom stereocenters. The minimum atomic E-state index is -2.53. The molecule has 0 saturated heterocycles. The van der Waals surface area contributed by atoms with Crippen molar-refractivity contribution >= 4 is 35.0 Å². The van der Waals surface area contributed by atoms with Gasteiger partial charge in [0.05, 0.1) is 0 Å². The van der Waals surface area contributed by atoms with E-state index in [9.17, 15) is 0 Å². The van der Waals surface area contributed by atoms with Crippen molar-refractivity contribution in [1.29, 1.82) is 0 Å². The van der Waals surface area contributed by atoms with E-state index in [1.54, 1.807) is 0 Å². The highest BCUT2D eigenvalue weighted by Gasteiger charge is 2.50. The highest BCUT2D eigenvalue weighted by atomic mass is 28.4. The summed E-state index contributed by atoms with van der Waals surface area (Å²) in [6.45, 7) is 18.4. The van der Waals surface area contributed by atoms with Crippen LogP contribution in [-0.4, -0.2) is 14.9 Å². The Labute approximate surface area is 218 Å². The molecule has 0 aliphatic rings. The molecular formula is C34H36OSi. The molecular weight excluding hydrogens is 452 g/mol. The van der Waals surface area contributed by atoms with E-state index in [1.807, 2.05) is 18.2 Å². The van der Waals surface area contributed by atoms with Crippen LogP contribution in [0.5, 0.6) is 0 Å². The van der Waals surface area contributed by atoms with Crippen molar-refractivity contribution in [1.82, 2.24) is 0 Å². The smallest absolute Gasteiger partial charge is 0.261 e. The molecule has 0 aliphatic carbocycles. The number of rotatable bonds is 9. The van der Waals surface area contributed by atoms with Gasteiger partial charge in [-0.15, -0.1) is 0 Å². The first kappa shape index (κ1) is 25.9. The molecule has 2 heteroatoms. The van der Waals surface area contributed by atoms with Crippen LogP contribution in [0.4, 0.5) is 0 Å². The molecule has 4 aromatic rings. The highest BCUT2D eigenvalue weighted by molar-refractivity contribution is 6.99. The molecule has 1 atom stereocenters. The van der Waals surface area contributed by atoms with E-state index in [-0.39, 0.29) is 11.0 Å². The predicted octanol–water partition coefficient (Wildman–Crippen LogP) is 7.69. The summed E-state index contributed by atoms with van der Waals surface area (Å²) in [4.78, 5) is 0. The first-order valence-corrected chi connectivity index (χ1v) is 14.7. The summed E-state index contributed by atoms with van der Waals surface area (Å²) < 4.78 is 7.05. The minimum Gasteiger partial charge on any atom is -0.407 e. The van der Waals surface area contributed by atoms with Gasteiger partial charge in [-0.2, -0.15) is 0 Å². The standard InChI is InChI=1S/C34H36OSi/c1-27(15-14-16-28(2)30-24-23-29-17-12-13-18-31(29)25-30)26-35-36(34(3,4)5,32-19-8-6-9-20-32)33-21-10-7-11-22-33/h6-15,17-25,27H,16,26H2,1,3-5H3/b15-14+. The fourth-order valence-electron chi connectivity index (χ4n) is 4.99. The Kier molecular flexibility index (Phi) is 8.08. The third-order valence-electron chi connectivity index (χ3n) is 6.86. The molecule has 4 rings (SSSR count). The third-order valence-corrected chi connectivity index (χ3v) is 11.9. The van der Waals surface area contributed by atoms with Gasteiger partial charge in [-0.1, -0.05) is 137 Å². The lowest BCUT2D eigenvalue weighted by Crippen LogP contribution is -2.66. The van der Waals surface area contributed by atoms with Gasteiger partial charge < -0.3 is 4.43 Å². The van der Waals surface area contributed by atoms with E-state index < -0.39 is 8.32 Å². The van der Waals surface area contributed by atoms with Crippen LogP contribution in [0, 0.1) is 12.5 Å². The second-order valence-electron chi connectivity index (χ2n) is 10.6. The monoisotopic (exact) mass is 488 g/mol. The zero-order valence-corrected chi connectivity index (χ0v) is 22.9. The van der Waals surface area contributed by atoms with E-state index in [2.05, 4.69) is 125 Å². The summed E-state index contributed by atoms with van der Waals surface area (Å²) in [5, 5.41) is 4.96. The van der Waals surface area contributed by atoms with Crippen molar-refractivity contribution in [3.05, 3.63) is 127 Å². The van der Waals surface area contributed by atoms with Gasteiger partial charge in [0.15, 0.2) is 0 Å². The predicted molar refractivity (Wildman–Crippen MR) is 157 cm³/mol. The lowest BCUT2D eigenvalue weighted by molar-refractivity contribution is 0.267. The van der Waals surface area contributed by atoms with Gasteiger partial charge in [-0.25, -0.2) is 0 Å². The fraction of sp³-hybridized carbons (Fsp3) is 0.235. The maximum Gasteiger partial charge on any atom is 0.261 e. The molecule has 0 fully saturated rings. The maximum atomic E-state index is 8.58. The molecule has 0 heterocycles. The van der Waals surface area contributed by atoms with Gasteiger partial charge in [0.1, 0.15) is 0 Å². The molecule has 0 aliphatic heterocycles. The molecule has 2 radical (unpaired) electrons. The SMILES string of the molecule is [C]=C(C/C=C/C(C)CO[Si](c1ccccc1)(c1ccccc1)C(C)(C)C)c1ccc2ccccc2c1. The van der Waals surface area contributed by atoms with Gasteiger partial charge >= 0.3 is 0 Å². The second-order valence-corrected chi connectivity index (χ2v) is 14.9. The van der Waals surface area contributed by atoms with Crippen LogP contribution in [0.25, 0.3) is 16.3 Å². The molecule has 0 bridgehead atoms. The first-order valence-electron chi connectivity index (χ1n) is 12.8. The van der Waals surface area contributed by atoms with Crippen molar-refractivity contribution in [2.24, 2.45) is 5.92 Å². The fourth-order valence-corrected chi connectivity index (χ4v) is 9.66. The Morgan fingerprint density at radius 3 is 1.94 bits per heavy atom. The topological polar surface area (TPSA) is 9.23 Å². The summed E-state index contributed by atoms with van der Waals surface area (Å²) in [5.74, 6) is 0.246. The third kappa shape index (κ3) is 5.61. The average molecular weight is 489 g/mol. The minimum absolute atomic E-state index is 0.0304. The molecule has 36 heavy (non-hydrogen) atoms. The van der Waals surface area contributed by atoms with Crippen LogP contribution >= 0.6 is 0 Å². The lowest BCUT2D eigenvalue weighted by Gasteiger charge is -2.43. The number of fused-ring (bicyclic) bond motifs is 1. The van der Waals surface area contributed by atoms with Gasteiger partial charge in [0.2, 0.25) is 0 Å². The molecule has 0 amide bonds. The summed E-state index contributed by atoms with van der Waals surface area (Å²) in [7, 11) is -2.53. The van der Waals surface area contributed by atoms with Crippen LogP contribution in [0.1, 0.15) is 39.7 Å². The number of hydrogen-bond donors (Lipinski definition) is 0. The van der Waals surface area contributed by atoms with Crippen molar-refractivity contribution in [2.75, 3.05) is 6.61 Å². The van der Waals surface area contributed by atoms with Crippen LogP contribution in [0.15, 0.2) is 115 Å². The number of hydrogen-bond acceptors (Lipinski definition) is 1. The van der Waals surface area contributed by atoms with E-state index >= 15 is 0 Å². The Balaban J connectivity index is 1.49. The Morgan fingerprint density at radius 1 is 0.806 bits per heavy atom. The first-order chi connectivity index (χ1) is 17.3. The van der Waals surface area contributed by atoms with Crippen molar-refractivity contribution in [3.8, 4) is 0 Å². The summed E-state index contributed by atoms with van der Waals surface area (Å²) in [6.07, 6.45) is 4.94. The van der Waals surface area contributed by atoms with Gasteiger partial charge in [0, 0.05) is 6.61 Å². The summed E-state index contributed by atoms with van der Waals surface area (Å²) in [5.41, 5.74) is 1.62. The largest absolute Gasteiger partial charge is 0.407 e. The molecule has 0 saturated carbocycles. The zero-order valence-electron chi connectivity index (χ0n) is 21.9. The second kappa shape index (κ2) is 11.2.